The number of carbonyl (C=O) groups excluding carboxylic acids is 3. The van der Waals surface area contributed by atoms with Gasteiger partial charge in [0, 0.05) is 27.8 Å². The van der Waals surface area contributed by atoms with Crippen LogP contribution in [0.5, 0.6) is 0 Å². The van der Waals surface area contributed by atoms with E-state index in [4.69, 9.17) is 4.42 Å². The number of thioether (sulfide) groups is 2. The highest BCUT2D eigenvalue weighted by Gasteiger charge is 2.19. The fraction of sp³-hybridized carbons (Fsp3) is 0.121. The van der Waals surface area contributed by atoms with E-state index < -0.39 is 17.1 Å². The number of hydrogen-bond acceptors (Lipinski definition) is 9. The molecule has 0 unspecified atom stereocenters. The third-order valence-electron chi connectivity index (χ3n) is 6.20. The Labute approximate surface area is 272 Å². The molecule has 45 heavy (non-hydrogen) atoms. The van der Waals surface area contributed by atoms with Crippen molar-refractivity contribution in [2.24, 2.45) is 0 Å². The maximum absolute atomic E-state index is 13.4. The van der Waals surface area contributed by atoms with Crippen LogP contribution in [0.15, 0.2) is 116 Å². The molecule has 0 bridgehead atoms. The molecule has 5 rings (SSSR count). The maximum Gasteiger partial charge on any atom is 0.272 e. The molecule has 0 saturated carbocycles. The largest absolute Gasteiger partial charge is 0.457 e. The van der Waals surface area contributed by atoms with Gasteiger partial charge in [-0.1, -0.05) is 78.6 Å². The summed E-state index contributed by atoms with van der Waals surface area (Å²) in [7, 11) is 0. The molecule has 2 heterocycles. The number of carbonyl (C=O) groups is 3. The van der Waals surface area contributed by atoms with Crippen LogP contribution < -0.4 is 16.0 Å². The van der Waals surface area contributed by atoms with Gasteiger partial charge in [-0.15, -0.1) is 22.0 Å². The summed E-state index contributed by atoms with van der Waals surface area (Å²) in [5.41, 5.74) is 1.83. The first-order chi connectivity index (χ1) is 21.9. The Morgan fingerprint density at radius 3 is 2.31 bits per heavy atom. The van der Waals surface area contributed by atoms with Gasteiger partial charge >= 0.3 is 0 Å². The van der Waals surface area contributed by atoms with Gasteiger partial charge in [0.2, 0.25) is 11.0 Å². The van der Waals surface area contributed by atoms with E-state index in [2.05, 4.69) is 26.1 Å². The molecule has 1 atom stereocenters. The second-order valence-corrected chi connectivity index (χ2v) is 13.4. The van der Waals surface area contributed by atoms with Crippen LogP contribution in [0, 0.1) is 0 Å². The Hall–Kier alpha value is -4.65. The van der Waals surface area contributed by atoms with Crippen molar-refractivity contribution in [3.63, 3.8) is 0 Å². The van der Waals surface area contributed by atoms with E-state index in [1.54, 1.807) is 54.2 Å². The molecule has 0 saturated heterocycles. The topological polar surface area (TPSA) is 126 Å². The predicted molar refractivity (Wildman–Crippen MR) is 181 cm³/mol. The van der Waals surface area contributed by atoms with E-state index in [0.29, 0.717) is 27.9 Å². The smallest absolute Gasteiger partial charge is 0.272 e. The minimum Gasteiger partial charge on any atom is -0.457 e. The molecule has 0 aliphatic rings. The van der Waals surface area contributed by atoms with E-state index in [1.807, 2.05) is 68.4 Å². The number of amides is 3. The molecular weight excluding hydrogens is 627 g/mol. The highest BCUT2D eigenvalue weighted by molar-refractivity contribution is 8.01. The Balaban J connectivity index is 1.26. The molecule has 2 aromatic heterocycles. The quantitative estimate of drug-likeness (QED) is 0.0720. The molecule has 5 aromatic rings. The van der Waals surface area contributed by atoms with Crippen LogP contribution in [0.3, 0.4) is 0 Å². The van der Waals surface area contributed by atoms with Crippen LogP contribution in [0.2, 0.25) is 0 Å². The fourth-order valence-corrected chi connectivity index (χ4v) is 6.51. The van der Waals surface area contributed by atoms with Gasteiger partial charge in [-0.05, 0) is 61.2 Å². The Morgan fingerprint density at radius 1 is 0.889 bits per heavy atom. The number of rotatable bonds is 12. The van der Waals surface area contributed by atoms with E-state index in [0.717, 1.165) is 20.6 Å². The van der Waals surface area contributed by atoms with Gasteiger partial charge in [-0.2, -0.15) is 0 Å². The number of nitrogens with zero attached hydrogens (tertiary/aromatic N) is 2. The van der Waals surface area contributed by atoms with Gasteiger partial charge in [0.1, 0.15) is 17.2 Å². The SMILES string of the molecule is CCSc1nnc(NC(=O)[C@@H](C)Sc2ccc(NC(=O)/C(=C\c3ccc(-c4ccccc4)o3)NC(=O)c3ccccc3)cc2)s1. The van der Waals surface area contributed by atoms with Gasteiger partial charge in [-0.3, -0.25) is 19.7 Å². The van der Waals surface area contributed by atoms with E-state index >= 15 is 0 Å². The number of hydrogen-bond donors (Lipinski definition) is 3. The zero-order valence-corrected chi connectivity index (χ0v) is 26.8. The molecule has 9 nitrogen and oxygen atoms in total. The standard InChI is InChI=1S/C33H29N5O4S3/c1-3-43-33-38-37-32(45-33)36-29(39)21(2)44-26-17-14-24(15-18-26)34-31(41)27(35-30(40)23-12-8-5-9-13-23)20-25-16-19-28(42-25)22-10-6-4-7-11-22/h4-21H,3H2,1-2H3,(H,34,41)(H,35,40)(H,36,37,39)/b27-20+/t21-/m1/s1. The lowest BCUT2D eigenvalue weighted by atomic mass is 10.2. The summed E-state index contributed by atoms with van der Waals surface area (Å²) in [6.07, 6.45) is 1.50. The van der Waals surface area contributed by atoms with Gasteiger partial charge in [0.25, 0.3) is 11.8 Å². The lowest BCUT2D eigenvalue weighted by molar-refractivity contribution is -0.115. The Kier molecular flexibility index (Phi) is 10.9. The normalized spacial score (nSPS) is 11.9. The highest BCUT2D eigenvalue weighted by atomic mass is 32.2. The van der Waals surface area contributed by atoms with Crippen LogP contribution in [0.25, 0.3) is 17.4 Å². The van der Waals surface area contributed by atoms with Crippen molar-refractivity contribution >= 4 is 69.5 Å². The van der Waals surface area contributed by atoms with Gasteiger partial charge in [0.05, 0.1) is 5.25 Å². The first kappa shape index (κ1) is 31.8. The Bertz CT molecular complexity index is 1790. The van der Waals surface area contributed by atoms with Crippen molar-refractivity contribution in [1.29, 1.82) is 0 Å². The Morgan fingerprint density at radius 2 is 1.60 bits per heavy atom. The second-order valence-electron chi connectivity index (χ2n) is 9.48. The molecule has 0 spiro atoms. The number of benzene rings is 3. The summed E-state index contributed by atoms with van der Waals surface area (Å²) >= 11 is 4.29. The second kappa shape index (κ2) is 15.4. The molecule has 3 N–H and O–H groups in total. The third-order valence-corrected chi connectivity index (χ3v) is 9.17. The molecule has 3 aromatic carbocycles. The number of aromatic nitrogens is 2. The highest BCUT2D eigenvalue weighted by Crippen LogP contribution is 2.29. The van der Waals surface area contributed by atoms with Crippen molar-refractivity contribution in [2.45, 2.75) is 28.3 Å². The summed E-state index contributed by atoms with van der Waals surface area (Å²) in [5.74, 6) is 0.780. The summed E-state index contributed by atoms with van der Waals surface area (Å²) in [6, 6.07) is 28.9. The van der Waals surface area contributed by atoms with Crippen molar-refractivity contribution in [1.82, 2.24) is 15.5 Å². The van der Waals surface area contributed by atoms with Gasteiger partial charge in [0.15, 0.2) is 4.34 Å². The lowest BCUT2D eigenvalue weighted by Crippen LogP contribution is -2.30. The van der Waals surface area contributed by atoms with Crippen molar-refractivity contribution in [3.05, 3.63) is 114 Å². The molecule has 228 valence electrons. The summed E-state index contributed by atoms with van der Waals surface area (Å²) in [6.45, 7) is 3.84. The summed E-state index contributed by atoms with van der Waals surface area (Å²) < 4.78 is 6.77. The van der Waals surface area contributed by atoms with E-state index in [9.17, 15) is 14.4 Å². The molecule has 0 aliphatic carbocycles. The predicted octanol–water partition coefficient (Wildman–Crippen LogP) is 7.44. The average Bonchev–Trinajstić information content (AvgIpc) is 3.72. The average molecular weight is 656 g/mol. The zero-order chi connectivity index (χ0) is 31.6. The van der Waals surface area contributed by atoms with Crippen LogP contribution in [0.4, 0.5) is 10.8 Å². The van der Waals surface area contributed by atoms with Crippen LogP contribution in [-0.2, 0) is 9.59 Å². The zero-order valence-electron chi connectivity index (χ0n) is 24.4. The molecule has 0 aliphatic heterocycles. The minimum atomic E-state index is -0.525. The number of nitrogens with one attached hydrogen (secondary N) is 3. The van der Waals surface area contributed by atoms with Crippen LogP contribution >= 0.6 is 34.9 Å². The molecule has 0 fully saturated rings. The number of anilines is 2. The molecule has 3 amide bonds. The van der Waals surface area contributed by atoms with Gasteiger partial charge in [-0.25, -0.2) is 0 Å². The third kappa shape index (κ3) is 8.94. The van der Waals surface area contributed by atoms with E-state index in [-0.39, 0.29) is 11.6 Å². The summed E-state index contributed by atoms with van der Waals surface area (Å²) in [5, 5.41) is 16.5. The van der Waals surface area contributed by atoms with E-state index in [1.165, 1.54) is 29.2 Å². The summed E-state index contributed by atoms with van der Waals surface area (Å²) in [4.78, 5) is 39.9. The molecule has 12 heteroatoms. The number of furan rings is 1. The lowest BCUT2D eigenvalue weighted by Gasteiger charge is -2.12. The van der Waals surface area contributed by atoms with Gasteiger partial charge < -0.3 is 15.1 Å². The molecule has 0 radical (unpaired) electrons. The maximum atomic E-state index is 13.4. The first-order valence-electron chi connectivity index (χ1n) is 14.0. The minimum absolute atomic E-state index is 0.0127. The van der Waals surface area contributed by atoms with Crippen molar-refractivity contribution < 1.29 is 18.8 Å². The van der Waals surface area contributed by atoms with Crippen LogP contribution in [-0.4, -0.2) is 38.9 Å². The first-order valence-corrected chi connectivity index (χ1v) is 16.6. The van der Waals surface area contributed by atoms with Crippen LogP contribution in [0.1, 0.15) is 30.0 Å². The fourth-order valence-electron chi connectivity index (χ4n) is 3.99. The monoisotopic (exact) mass is 655 g/mol. The van der Waals surface area contributed by atoms with Crippen molar-refractivity contribution in [2.75, 3.05) is 16.4 Å². The van der Waals surface area contributed by atoms with Crippen molar-refractivity contribution in [3.8, 4) is 11.3 Å². The molecular formula is C33H29N5O4S3.